The highest BCUT2D eigenvalue weighted by atomic mass is 35.5. The van der Waals surface area contributed by atoms with Crippen molar-refractivity contribution in [2.75, 3.05) is 6.54 Å². The number of halogens is 3. The second kappa shape index (κ2) is 11.0. The number of aromatic nitrogens is 1. The van der Waals surface area contributed by atoms with Gasteiger partial charge in [-0.25, -0.2) is 0 Å². The number of carbonyl (C=O) groups excluding carboxylic acids is 2. The van der Waals surface area contributed by atoms with Gasteiger partial charge in [-0.1, -0.05) is 71.2 Å². The standard InChI is InChI=1S/C26H22Cl3N3O2/c27-18-10-9-16(22(29)14-18)11-12-30-26(34)24(32-25(33)20-6-1-3-7-21(20)28)13-17-15-31-23-8-4-2-5-19(17)23/h1-10,14-15,24,31H,11-13H2,(H,30,34)(H,32,33). The summed E-state index contributed by atoms with van der Waals surface area (Å²) < 4.78 is 0. The van der Waals surface area contributed by atoms with Crippen molar-refractivity contribution < 1.29 is 9.59 Å². The Morgan fingerprint density at radius 1 is 0.882 bits per heavy atom. The van der Waals surface area contributed by atoms with E-state index in [1.54, 1.807) is 36.4 Å². The molecule has 1 unspecified atom stereocenters. The first-order chi connectivity index (χ1) is 16.4. The minimum absolute atomic E-state index is 0.296. The number of nitrogens with one attached hydrogen (secondary N) is 3. The van der Waals surface area contributed by atoms with E-state index in [0.717, 1.165) is 22.0 Å². The highest BCUT2D eigenvalue weighted by Crippen LogP contribution is 2.22. The largest absolute Gasteiger partial charge is 0.361 e. The molecule has 4 rings (SSSR count). The lowest BCUT2D eigenvalue weighted by molar-refractivity contribution is -0.122. The molecule has 0 saturated heterocycles. The molecule has 0 saturated carbocycles. The van der Waals surface area contributed by atoms with E-state index in [4.69, 9.17) is 34.8 Å². The molecule has 34 heavy (non-hydrogen) atoms. The van der Waals surface area contributed by atoms with E-state index < -0.39 is 11.9 Å². The van der Waals surface area contributed by atoms with Gasteiger partial charge in [0.15, 0.2) is 0 Å². The first kappa shape index (κ1) is 24.1. The molecule has 3 aromatic carbocycles. The van der Waals surface area contributed by atoms with E-state index in [0.29, 0.717) is 40.0 Å². The van der Waals surface area contributed by atoms with Gasteiger partial charge in [-0.2, -0.15) is 0 Å². The molecule has 0 fully saturated rings. The Kier molecular flexibility index (Phi) is 7.78. The van der Waals surface area contributed by atoms with Gasteiger partial charge in [0.1, 0.15) is 6.04 Å². The van der Waals surface area contributed by atoms with Crippen LogP contribution in [0.2, 0.25) is 15.1 Å². The van der Waals surface area contributed by atoms with Crippen LogP contribution in [0.15, 0.2) is 72.9 Å². The summed E-state index contributed by atoms with van der Waals surface area (Å²) in [6, 6.07) is 19.0. The zero-order chi connectivity index (χ0) is 24.1. The van der Waals surface area contributed by atoms with Gasteiger partial charge >= 0.3 is 0 Å². The van der Waals surface area contributed by atoms with Crippen molar-refractivity contribution in [2.24, 2.45) is 0 Å². The van der Waals surface area contributed by atoms with Crippen LogP contribution in [0.3, 0.4) is 0 Å². The second-order valence-corrected chi connectivity index (χ2v) is 9.10. The van der Waals surface area contributed by atoms with Crippen molar-refractivity contribution in [1.29, 1.82) is 0 Å². The van der Waals surface area contributed by atoms with Crippen molar-refractivity contribution in [3.05, 3.63) is 105 Å². The third-order valence-electron chi connectivity index (χ3n) is 5.55. The number of amides is 2. The molecular weight excluding hydrogens is 493 g/mol. The van der Waals surface area contributed by atoms with Crippen molar-refractivity contribution in [1.82, 2.24) is 15.6 Å². The lowest BCUT2D eigenvalue weighted by Gasteiger charge is -2.19. The van der Waals surface area contributed by atoms with Crippen LogP contribution < -0.4 is 10.6 Å². The fraction of sp³-hybridized carbons (Fsp3) is 0.154. The molecule has 4 aromatic rings. The van der Waals surface area contributed by atoms with Gasteiger partial charge in [-0.3, -0.25) is 9.59 Å². The van der Waals surface area contributed by atoms with E-state index >= 15 is 0 Å². The lowest BCUT2D eigenvalue weighted by Crippen LogP contribution is -2.48. The van der Waals surface area contributed by atoms with Crippen LogP contribution in [0.1, 0.15) is 21.5 Å². The van der Waals surface area contributed by atoms with Gasteiger partial charge in [-0.05, 0) is 47.9 Å². The van der Waals surface area contributed by atoms with Gasteiger partial charge in [0.25, 0.3) is 5.91 Å². The zero-order valence-electron chi connectivity index (χ0n) is 18.1. The summed E-state index contributed by atoms with van der Waals surface area (Å²) in [7, 11) is 0. The number of carbonyl (C=O) groups is 2. The molecule has 0 aliphatic carbocycles. The molecule has 0 aliphatic heterocycles. The maximum atomic E-state index is 13.2. The quantitative estimate of drug-likeness (QED) is 0.277. The van der Waals surface area contributed by atoms with E-state index in [1.807, 2.05) is 36.5 Å². The summed E-state index contributed by atoms with van der Waals surface area (Å²) >= 11 is 18.4. The number of hydrogen-bond donors (Lipinski definition) is 3. The van der Waals surface area contributed by atoms with Crippen LogP contribution in [0.25, 0.3) is 10.9 Å². The predicted octanol–water partition coefficient (Wildman–Crippen LogP) is 5.83. The highest BCUT2D eigenvalue weighted by Gasteiger charge is 2.24. The highest BCUT2D eigenvalue weighted by molar-refractivity contribution is 6.35. The first-order valence-electron chi connectivity index (χ1n) is 10.7. The maximum absolute atomic E-state index is 13.2. The summed E-state index contributed by atoms with van der Waals surface area (Å²) in [5.41, 5.74) is 3.08. The summed E-state index contributed by atoms with van der Waals surface area (Å²) in [6.07, 6.45) is 2.70. The minimum Gasteiger partial charge on any atom is -0.361 e. The molecule has 1 aromatic heterocycles. The Labute approximate surface area is 212 Å². The van der Waals surface area contributed by atoms with Crippen molar-refractivity contribution >= 4 is 57.5 Å². The van der Waals surface area contributed by atoms with Gasteiger partial charge < -0.3 is 15.6 Å². The number of rotatable bonds is 8. The minimum atomic E-state index is -0.802. The molecule has 0 spiro atoms. The Hall–Kier alpha value is -2.99. The van der Waals surface area contributed by atoms with Crippen molar-refractivity contribution in [2.45, 2.75) is 18.9 Å². The monoisotopic (exact) mass is 513 g/mol. The van der Waals surface area contributed by atoms with E-state index in [2.05, 4.69) is 15.6 Å². The maximum Gasteiger partial charge on any atom is 0.253 e. The normalized spacial score (nSPS) is 11.9. The first-order valence-corrected chi connectivity index (χ1v) is 11.9. The molecule has 2 amide bonds. The SMILES string of the molecule is O=C(NC(Cc1c[nH]c2ccccc12)C(=O)NCCc1ccc(Cl)cc1Cl)c1ccccc1Cl. The summed E-state index contributed by atoms with van der Waals surface area (Å²) in [4.78, 5) is 29.3. The number of hydrogen-bond acceptors (Lipinski definition) is 2. The van der Waals surface area contributed by atoms with Gasteiger partial charge in [0.2, 0.25) is 5.91 Å². The van der Waals surface area contributed by atoms with Crippen molar-refractivity contribution in [3.8, 4) is 0 Å². The average molecular weight is 515 g/mol. The molecule has 5 nitrogen and oxygen atoms in total. The van der Waals surface area contributed by atoms with Crippen LogP contribution >= 0.6 is 34.8 Å². The number of benzene rings is 3. The lowest BCUT2D eigenvalue weighted by atomic mass is 10.0. The fourth-order valence-corrected chi connectivity index (χ4v) is 4.50. The zero-order valence-corrected chi connectivity index (χ0v) is 20.3. The Bertz CT molecular complexity index is 1340. The fourth-order valence-electron chi connectivity index (χ4n) is 3.78. The van der Waals surface area contributed by atoms with Crippen LogP contribution in [0.5, 0.6) is 0 Å². The van der Waals surface area contributed by atoms with Crippen molar-refractivity contribution in [3.63, 3.8) is 0 Å². The Morgan fingerprint density at radius 3 is 2.44 bits per heavy atom. The number of para-hydroxylation sites is 1. The molecule has 0 bridgehead atoms. The van der Waals surface area contributed by atoms with Crippen LogP contribution in [0.4, 0.5) is 0 Å². The van der Waals surface area contributed by atoms with Crippen LogP contribution in [-0.2, 0) is 17.6 Å². The molecule has 3 N–H and O–H groups in total. The molecule has 1 atom stereocenters. The smallest absolute Gasteiger partial charge is 0.253 e. The number of aromatic amines is 1. The number of fused-ring (bicyclic) bond motifs is 1. The summed E-state index contributed by atoms with van der Waals surface area (Å²) in [5, 5.41) is 8.19. The molecule has 0 radical (unpaired) electrons. The average Bonchev–Trinajstić information content (AvgIpc) is 3.23. The van der Waals surface area contributed by atoms with Gasteiger partial charge in [0, 0.05) is 40.1 Å². The molecule has 0 aliphatic rings. The topological polar surface area (TPSA) is 74.0 Å². The predicted molar refractivity (Wildman–Crippen MR) is 138 cm³/mol. The second-order valence-electron chi connectivity index (χ2n) is 7.85. The van der Waals surface area contributed by atoms with Crippen LogP contribution in [0, 0.1) is 0 Å². The molecule has 174 valence electrons. The summed E-state index contributed by atoms with van der Waals surface area (Å²) in [5.74, 6) is -0.706. The van der Waals surface area contributed by atoms with E-state index in [-0.39, 0.29) is 5.91 Å². The Morgan fingerprint density at radius 2 is 1.65 bits per heavy atom. The van der Waals surface area contributed by atoms with E-state index in [1.165, 1.54) is 0 Å². The van der Waals surface area contributed by atoms with Crippen LogP contribution in [-0.4, -0.2) is 29.4 Å². The molecule has 1 heterocycles. The number of H-pyrrole nitrogens is 1. The van der Waals surface area contributed by atoms with E-state index in [9.17, 15) is 9.59 Å². The molecule has 8 heteroatoms. The molecular formula is C26H22Cl3N3O2. The third-order valence-corrected chi connectivity index (χ3v) is 6.46. The van der Waals surface area contributed by atoms with Gasteiger partial charge in [0.05, 0.1) is 10.6 Å². The summed E-state index contributed by atoms with van der Waals surface area (Å²) in [6.45, 7) is 0.354. The van der Waals surface area contributed by atoms with Gasteiger partial charge in [-0.15, -0.1) is 0 Å². The third kappa shape index (κ3) is 5.73. The Balaban J connectivity index is 1.50.